The Balaban J connectivity index is 0.951. The van der Waals surface area contributed by atoms with E-state index in [1.54, 1.807) is 42.7 Å². The van der Waals surface area contributed by atoms with Crippen molar-refractivity contribution in [3.05, 3.63) is 59.2 Å². The van der Waals surface area contributed by atoms with Crippen molar-refractivity contribution in [2.24, 2.45) is 0 Å². The van der Waals surface area contributed by atoms with Gasteiger partial charge < -0.3 is 15.0 Å². The number of piperidine rings is 1. The number of nitriles is 1. The lowest BCUT2D eigenvalue weighted by molar-refractivity contribution is -0.468. The lowest BCUT2D eigenvalue weighted by Crippen LogP contribution is -2.58. The second-order valence-electron chi connectivity index (χ2n) is 16.0. The van der Waals surface area contributed by atoms with Crippen LogP contribution in [-0.4, -0.2) is 105 Å². The summed E-state index contributed by atoms with van der Waals surface area (Å²) in [6, 6.07) is 12.3. The molecule has 3 aliphatic heterocycles. The summed E-state index contributed by atoms with van der Waals surface area (Å²) in [7, 11) is 0. The number of benzene rings is 2. The van der Waals surface area contributed by atoms with Gasteiger partial charge in [0.25, 0.3) is 0 Å². The number of imide groups is 1. The number of anilines is 2. The number of thiocarbonyl (C=S) groups is 1. The molecular formula is C41H49F3N7O5S+. The number of alkyl halides is 3. The van der Waals surface area contributed by atoms with Gasteiger partial charge in [-0.1, -0.05) is 12.1 Å². The molecule has 2 N–H and O–H groups in total. The number of carbonyl (C=O) groups excluding carboxylic acids is 4. The number of nitrogens with zero attached hydrogens (tertiary/aromatic N) is 5. The highest BCUT2D eigenvalue weighted by Gasteiger charge is 2.57. The van der Waals surface area contributed by atoms with Gasteiger partial charge in [-0.2, -0.15) is 18.4 Å². The average molecular weight is 809 g/mol. The summed E-state index contributed by atoms with van der Waals surface area (Å²) in [6.07, 6.45) is -0.447. The molecule has 304 valence electrons. The average Bonchev–Trinajstić information content (AvgIpc) is 3.33. The largest absolute Gasteiger partial charge is 0.417 e. The number of rotatable bonds is 10. The van der Waals surface area contributed by atoms with Crippen LogP contribution in [0.2, 0.25) is 0 Å². The summed E-state index contributed by atoms with van der Waals surface area (Å²) >= 11 is 5.71. The molecule has 57 heavy (non-hydrogen) atoms. The Kier molecular flexibility index (Phi) is 12.6. The smallest absolute Gasteiger partial charge is 0.378 e. The normalized spacial score (nSPS) is 24.8. The Labute approximate surface area is 336 Å². The molecule has 4 amide bonds. The van der Waals surface area contributed by atoms with E-state index in [1.807, 2.05) is 6.07 Å². The Bertz CT molecular complexity index is 1990. The highest BCUT2D eigenvalue weighted by Crippen LogP contribution is 2.38. The van der Waals surface area contributed by atoms with E-state index in [9.17, 15) is 37.6 Å². The van der Waals surface area contributed by atoms with Gasteiger partial charge in [-0.15, -0.1) is 4.90 Å². The molecule has 4 fully saturated rings. The minimum Gasteiger partial charge on any atom is -0.378 e. The van der Waals surface area contributed by atoms with E-state index in [2.05, 4.69) is 34.3 Å². The highest BCUT2D eigenvalue weighted by atomic mass is 32.1. The monoisotopic (exact) mass is 808 g/mol. The van der Waals surface area contributed by atoms with Gasteiger partial charge >= 0.3 is 17.2 Å². The van der Waals surface area contributed by atoms with Crippen molar-refractivity contribution in [1.82, 2.24) is 15.1 Å². The first-order valence-electron chi connectivity index (χ1n) is 19.5. The Morgan fingerprint density at radius 1 is 1.05 bits per heavy atom. The second kappa shape index (κ2) is 17.1. The van der Waals surface area contributed by atoms with Crippen molar-refractivity contribution in [3.63, 3.8) is 0 Å². The van der Waals surface area contributed by atoms with Crippen LogP contribution in [0.4, 0.5) is 24.5 Å². The summed E-state index contributed by atoms with van der Waals surface area (Å²) < 4.78 is 49.2. The first kappa shape index (κ1) is 42.1. The van der Waals surface area contributed by atoms with Gasteiger partial charge in [-0.3, -0.25) is 24.6 Å². The Morgan fingerprint density at radius 3 is 2.40 bits per heavy atom. The fraction of sp³-hybridized carbons (Fsp3) is 0.537. The maximum atomic E-state index is 13.7. The van der Waals surface area contributed by atoms with Gasteiger partial charge in [-0.25, -0.2) is 9.37 Å². The minimum absolute atomic E-state index is 0.0215. The zero-order valence-corrected chi connectivity index (χ0v) is 33.5. The summed E-state index contributed by atoms with van der Waals surface area (Å²) in [5, 5.41) is 14.7. The van der Waals surface area contributed by atoms with E-state index in [0.717, 1.165) is 67.2 Å². The van der Waals surface area contributed by atoms with E-state index in [-0.39, 0.29) is 59.7 Å². The molecule has 0 bridgehead atoms. The van der Waals surface area contributed by atoms with E-state index >= 15 is 0 Å². The zero-order valence-electron chi connectivity index (χ0n) is 32.7. The first-order valence-corrected chi connectivity index (χ1v) is 19.9. The van der Waals surface area contributed by atoms with E-state index in [4.69, 9.17) is 17.0 Å². The van der Waals surface area contributed by atoms with Crippen LogP contribution in [0.25, 0.3) is 0 Å². The van der Waals surface area contributed by atoms with Gasteiger partial charge in [0.1, 0.15) is 5.69 Å². The molecule has 1 aliphatic carbocycles. The molecule has 1 unspecified atom stereocenters. The third-order valence-electron chi connectivity index (χ3n) is 11.5. The molecule has 0 radical (unpaired) electrons. The fourth-order valence-electron chi connectivity index (χ4n) is 8.58. The molecule has 0 spiro atoms. The van der Waals surface area contributed by atoms with Crippen LogP contribution in [0.3, 0.4) is 0 Å². The number of hydrogen-bond donors (Lipinski definition) is 2. The van der Waals surface area contributed by atoms with Crippen LogP contribution in [0, 0.1) is 11.3 Å². The lowest BCUT2D eigenvalue weighted by atomic mass is 9.90. The number of nitrogens with one attached hydrogen (secondary N) is 2. The minimum atomic E-state index is -4.76. The number of hydrogen-bond acceptors (Lipinski definition) is 9. The van der Waals surface area contributed by atoms with Crippen molar-refractivity contribution in [1.29, 1.82) is 5.26 Å². The van der Waals surface area contributed by atoms with Crippen molar-refractivity contribution < 1.29 is 41.7 Å². The standard InChI is InChI=1S/C41H48F3N7O5S/c1-25-22-48(23-26(2)49(25)24-36(53)46-29-8-5-7-27(19-29)33-15-16-35(52)47-37(33)54)17-6-18-56-32-13-11-30(12-14-32)51-39(57)50(38(55)40(51,3)4)31-10-9-28(21-45)34(20-31)41(42,43)44/h5,7-10,19-20,25-26,32-33H,6,11-18,22-24H2,1-4H3,(H-,46,47,52,53,54)/p+1/t25-,26+,32?,33?. The summed E-state index contributed by atoms with van der Waals surface area (Å²) in [4.78, 5) is 56.4. The summed E-state index contributed by atoms with van der Waals surface area (Å²) in [6.45, 7) is 11.0. The molecule has 16 heteroatoms. The lowest BCUT2D eigenvalue weighted by Gasteiger charge is -2.44. The van der Waals surface area contributed by atoms with Gasteiger partial charge in [0, 0.05) is 75.5 Å². The fourth-order valence-corrected chi connectivity index (χ4v) is 9.13. The molecule has 2 aromatic rings. The summed E-state index contributed by atoms with van der Waals surface area (Å²) in [5.74, 6) is -1.57. The molecule has 3 saturated heterocycles. The quantitative estimate of drug-likeness (QED) is 0.141. The van der Waals surface area contributed by atoms with Crippen LogP contribution in [0.15, 0.2) is 42.5 Å². The van der Waals surface area contributed by atoms with E-state index in [0.29, 0.717) is 31.6 Å². The third-order valence-corrected chi connectivity index (χ3v) is 11.8. The van der Waals surface area contributed by atoms with Gasteiger partial charge in [0.15, 0.2) is 0 Å². The number of piperazine rings is 1. The summed E-state index contributed by atoms with van der Waals surface area (Å²) in [5.41, 5.74) is -0.426. The van der Waals surface area contributed by atoms with Crippen molar-refractivity contribution in [3.8, 4) is 6.07 Å². The molecule has 6 rings (SSSR count). The van der Waals surface area contributed by atoms with Crippen LogP contribution >= 0.6 is 12.2 Å². The molecule has 3 heterocycles. The number of amides is 4. The Morgan fingerprint density at radius 2 is 1.75 bits per heavy atom. The van der Waals surface area contributed by atoms with E-state index in [1.165, 1.54) is 6.07 Å². The van der Waals surface area contributed by atoms with Gasteiger partial charge in [0.05, 0.1) is 41.5 Å². The first-order chi connectivity index (χ1) is 27.0. The molecule has 1 saturated carbocycles. The highest BCUT2D eigenvalue weighted by molar-refractivity contribution is 7.80. The van der Waals surface area contributed by atoms with Crippen LogP contribution in [-0.2, 0) is 30.1 Å². The van der Waals surface area contributed by atoms with Crippen molar-refractivity contribution in [2.75, 3.05) is 43.0 Å². The predicted octanol–water partition coefficient (Wildman–Crippen LogP) is 5.34. The molecule has 2 aromatic carbocycles. The van der Waals surface area contributed by atoms with Crippen molar-refractivity contribution in [2.45, 2.75) is 108 Å². The maximum Gasteiger partial charge on any atom is 0.417 e. The topological polar surface area (TPSA) is 138 Å². The Hall–Kier alpha value is -4.56. The molecule has 0 aromatic heterocycles. The van der Waals surface area contributed by atoms with Crippen LogP contribution in [0.5, 0.6) is 0 Å². The van der Waals surface area contributed by atoms with Crippen molar-refractivity contribution >= 4 is 58.0 Å². The van der Waals surface area contributed by atoms with Crippen LogP contribution in [0.1, 0.15) is 95.2 Å². The molecular weight excluding hydrogens is 760 g/mol. The predicted molar refractivity (Wildman–Crippen MR) is 211 cm³/mol. The van der Waals surface area contributed by atoms with E-state index < -0.39 is 34.7 Å². The van der Waals surface area contributed by atoms with Crippen LogP contribution < -0.4 is 15.5 Å². The SMILES string of the molecule is C[C@@H]1CN(CCCOC2CCC(=[N+]3C(=S)N(c4ccc(C#N)c(C(F)(F)F)c4)C(=O)C3(C)C)CC2)C[C@H](C)N1CC(=O)Nc1cccc(C2CCC(=O)NC2=O)c1. The van der Waals surface area contributed by atoms with Gasteiger partial charge in [-0.05, 0) is 89.3 Å². The number of ether oxygens (including phenoxy) is 1. The number of halogens is 3. The maximum absolute atomic E-state index is 13.7. The molecule has 12 nitrogen and oxygen atoms in total. The number of carbonyl (C=O) groups is 4. The third kappa shape index (κ3) is 9.27. The zero-order chi connectivity index (χ0) is 41.2. The second-order valence-corrected chi connectivity index (χ2v) is 16.3. The van der Waals surface area contributed by atoms with Gasteiger partial charge in [0.2, 0.25) is 23.3 Å². The molecule has 4 aliphatic rings. The molecule has 3 atom stereocenters.